The van der Waals surface area contributed by atoms with Gasteiger partial charge in [-0.2, -0.15) is 10.5 Å². The fourth-order valence-electron chi connectivity index (χ4n) is 21.4. The molecule has 0 saturated heterocycles. The fraction of sp³-hybridized carbons (Fsp3) is 0.00813. The lowest BCUT2D eigenvalue weighted by Crippen LogP contribution is -2.10. The lowest BCUT2D eigenvalue weighted by atomic mass is 9.96. The van der Waals surface area contributed by atoms with Crippen molar-refractivity contribution in [3.05, 3.63) is 465 Å². The van der Waals surface area contributed by atoms with Crippen LogP contribution < -0.4 is 0 Å². The highest BCUT2D eigenvalue weighted by Gasteiger charge is 2.35. The van der Waals surface area contributed by atoms with Gasteiger partial charge in [0.05, 0.1) is 83.0 Å². The van der Waals surface area contributed by atoms with Crippen molar-refractivity contribution in [2.75, 3.05) is 0 Å². The Morgan fingerprint density at radius 2 is 0.459 bits per heavy atom. The van der Waals surface area contributed by atoms with Crippen molar-refractivity contribution in [1.29, 1.82) is 10.5 Å². The molecule has 10 heteroatoms. The summed E-state index contributed by atoms with van der Waals surface area (Å²) in [6, 6.07) is 157. The zero-order valence-corrected chi connectivity index (χ0v) is 71.6. The molecule has 28 rings (SSSR count). The van der Waals surface area contributed by atoms with Crippen molar-refractivity contribution < 1.29 is 13.2 Å². The number of hydrogen-bond donors (Lipinski definition) is 0. The normalized spacial score (nSPS) is 11.9. The average Bonchev–Trinajstić information content (AvgIpc) is 1.54. The standard InChI is InChI=1S/C61H36N4O.C37H20FN3O.C25H18/c62-37-49-58(63-50-26-12-7-21-42(50)43-22-8-13-27-51(43)63)57-46-25-11-16-30-56(46)66-61(57)60(59(49)64-52-28-14-9-23-44(52)45-24-10-15-29-53(45)64)65-54-33-31-40(38-17-3-1-4-18-38)35-47(54)48-36-41(32-34-55(48)65)39-19-5-2-6-20-39;38-34-36(41-30-18-8-3-13-24(30)25-14-4-9-19-31(25)41)27(21-39)35(33-26-15-5-10-20-32(26)42-37(33)34)40-28-16-6-1-11-22(28)23-12-2-7-17-29(23)40;1-3-7-18(8-4-1)20-11-13-22-15-23-14-12-21(17-25(23)24(22)16-20)19-9-5-2-6-10-19/h1-36H;1-20H;1-14,16-17H,15H2. The van der Waals surface area contributed by atoms with Crippen molar-refractivity contribution in [1.82, 2.24) is 22.8 Å². The Morgan fingerprint density at radius 3 is 0.797 bits per heavy atom. The molecule has 9 nitrogen and oxygen atoms in total. The van der Waals surface area contributed by atoms with E-state index in [-0.39, 0.29) is 16.8 Å². The molecule has 0 spiro atoms. The lowest BCUT2D eigenvalue weighted by Gasteiger charge is -2.22. The summed E-state index contributed by atoms with van der Waals surface area (Å²) < 4.78 is 41.8. The van der Waals surface area contributed by atoms with Gasteiger partial charge in [0.25, 0.3) is 0 Å². The van der Waals surface area contributed by atoms with Crippen LogP contribution in [0.1, 0.15) is 22.3 Å². The second-order valence-electron chi connectivity index (χ2n) is 34.3. The number of fused-ring (bicyclic) bond motifs is 24. The number of aromatic nitrogens is 5. The molecule has 0 fully saturated rings. The third kappa shape index (κ3) is 11.8. The van der Waals surface area contributed by atoms with Gasteiger partial charge in [-0.25, -0.2) is 4.39 Å². The molecule has 1 aliphatic rings. The molecule has 20 aromatic carbocycles. The molecule has 133 heavy (non-hydrogen) atoms. The number of nitrogens with zero attached hydrogens (tertiary/aromatic N) is 7. The molecule has 0 amide bonds. The van der Waals surface area contributed by atoms with Crippen molar-refractivity contribution in [2.24, 2.45) is 0 Å². The highest BCUT2D eigenvalue weighted by Crippen LogP contribution is 2.53. The molecule has 0 radical (unpaired) electrons. The number of nitriles is 2. The Labute approximate surface area is 761 Å². The van der Waals surface area contributed by atoms with E-state index in [1.807, 2.05) is 126 Å². The van der Waals surface area contributed by atoms with E-state index in [2.05, 4.69) is 346 Å². The molecule has 0 aliphatic heterocycles. The van der Waals surface area contributed by atoms with Crippen molar-refractivity contribution >= 4 is 153 Å². The highest BCUT2D eigenvalue weighted by molar-refractivity contribution is 6.23. The fourth-order valence-corrected chi connectivity index (χ4v) is 21.4. The topological polar surface area (TPSA) is 98.5 Å². The van der Waals surface area contributed by atoms with Gasteiger partial charge in [-0.3, -0.25) is 0 Å². The van der Waals surface area contributed by atoms with Crippen LogP contribution in [0.25, 0.3) is 237 Å². The first kappa shape index (κ1) is 76.2. The van der Waals surface area contributed by atoms with E-state index in [4.69, 9.17) is 8.83 Å². The van der Waals surface area contributed by atoms with E-state index in [9.17, 15) is 10.5 Å². The first-order chi connectivity index (χ1) is 65.9. The summed E-state index contributed by atoms with van der Waals surface area (Å²) in [7, 11) is 0. The van der Waals surface area contributed by atoms with E-state index in [1.54, 1.807) is 0 Å². The van der Waals surface area contributed by atoms with Crippen molar-refractivity contribution in [3.63, 3.8) is 0 Å². The van der Waals surface area contributed by atoms with Crippen LogP contribution in [0.4, 0.5) is 4.39 Å². The SMILES string of the molecule is N#Cc1c(-n2c3ccccc3c3ccccc32)c(-n2c3ccc(-c4ccccc4)cc3c3cc(-c4ccccc4)ccc32)c2oc3ccccc3c2c1-n1c2ccccc2c2ccccc21.N#Cc1c(-n2c3ccccc3c3ccccc32)c(F)c2oc3ccccc3c2c1-n1c2ccccc2c2ccccc21.c1ccc(-c2ccc3c(c2)-c2cc(-c4ccccc4)ccc2C3)cc1. The molecule has 620 valence electrons. The number of para-hydroxylation sites is 10. The van der Waals surface area contributed by atoms with Crippen LogP contribution in [0.15, 0.2) is 446 Å². The number of benzene rings is 20. The zero-order valence-electron chi connectivity index (χ0n) is 71.6. The minimum atomic E-state index is -0.561. The second kappa shape index (κ2) is 30.6. The number of furan rings is 2. The van der Waals surface area contributed by atoms with Crippen LogP contribution in [0.2, 0.25) is 0 Å². The smallest absolute Gasteiger partial charge is 0.191 e. The minimum Gasteiger partial charge on any atom is -0.454 e. The monoisotopic (exact) mass is 1700 g/mol. The Bertz CT molecular complexity index is 9210. The van der Waals surface area contributed by atoms with Crippen LogP contribution in [-0.4, -0.2) is 22.8 Å². The van der Waals surface area contributed by atoms with E-state index < -0.39 is 5.82 Å². The summed E-state index contributed by atoms with van der Waals surface area (Å²) in [5, 5.41) is 37.1. The van der Waals surface area contributed by atoms with E-state index in [0.717, 1.165) is 177 Å². The predicted molar refractivity (Wildman–Crippen MR) is 545 cm³/mol. The van der Waals surface area contributed by atoms with Gasteiger partial charge in [0, 0.05) is 64.6 Å². The van der Waals surface area contributed by atoms with Gasteiger partial charge in [-0.05, 0) is 170 Å². The lowest BCUT2D eigenvalue weighted by molar-refractivity contribution is 0.579. The third-order valence-electron chi connectivity index (χ3n) is 27.2. The molecule has 7 heterocycles. The Morgan fingerprint density at radius 1 is 0.211 bits per heavy atom. The quantitative estimate of drug-likeness (QED) is 0.144. The van der Waals surface area contributed by atoms with Gasteiger partial charge >= 0.3 is 0 Å². The number of halogens is 1. The van der Waals surface area contributed by atoms with Crippen molar-refractivity contribution in [3.8, 4) is 96.2 Å². The molecule has 0 saturated carbocycles. The Hall–Kier alpha value is -18.1. The first-order valence-electron chi connectivity index (χ1n) is 44.9. The third-order valence-corrected chi connectivity index (χ3v) is 27.2. The first-order valence-corrected chi connectivity index (χ1v) is 44.9. The molecule has 7 aromatic heterocycles. The molecular formula is C123H74FN7O2. The maximum absolute atomic E-state index is 17.1. The molecule has 0 N–H and O–H groups in total. The molecule has 0 atom stereocenters. The molecule has 27 aromatic rings. The molecule has 0 unspecified atom stereocenters. The predicted octanol–water partition coefficient (Wildman–Crippen LogP) is 32.5. The largest absolute Gasteiger partial charge is 0.454 e. The summed E-state index contributed by atoms with van der Waals surface area (Å²) in [5.74, 6) is -0.561. The van der Waals surface area contributed by atoms with Crippen LogP contribution in [0.3, 0.4) is 0 Å². The summed E-state index contributed by atoms with van der Waals surface area (Å²) in [6.45, 7) is 0. The molecular weight excluding hydrogens is 1630 g/mol. The van der Waals surface area contributed by atoms with Gasteiger partial charge in [0.2, 0.25) is 0 Å². The Balaban J connectivity index is 0.000000117. The molecule has 1 aliphatic carbocycles. The van der Waals surface area contributed by atoms with Crippen LogP contribution in [0, 0.1) is 28.5 Å². The number of rotatable bonds is 9. The summed E-state index contributed by atoms with van der Waals surface area (Å²) in [5.41, 5.74) is 30.9. The van der Waals surface area contributed by atoms with Gasteiger partial charge in [0.15, 0.2) is 17.0 Å². The van der Waals surface area contributed by atoms with Crippen LogP contribution in [0.5, 0.6) is 0 Å². The van der Waals surface area contributed by atoms with Gasteiger partial charge in [-0.1, -0.05) is 340 Å². The number of hydrogen-bond acceptors (Lipinski definition) is 4. The van der Waals surface area contributed by atoms with E-state index in [0.29, 0.717) is 27.8 Å². The van der Waals surface area contributed by atoms with Crippen molar-refractivity contribution in [2.45, 2.75) is 6.42 Å². The second-order valence-corrected chi connectivity index (χ2v) is 34.3. The van der Waals surface area contributed by atoms with E-state index in [1.165, 1.54) is 44.5 Å². The zero-order chi connectivity index (χ0) is 88.0. The van der Waals surface area contributed by atoms with Crippen LogP contribution in [-0.2, 0) is 6.42 Å². The highest BCUT2D eigenvalue weighted by atomic mass is 19.1. The van der Waals surface area contributed by atoms with E-state index >= 15 is 4.39 Å². The van der Waals surface area contributed by atoms with Crippen LogP contribution >= 0.6 is 0 Å². The van der Waals surface area contributed by atoms with Gasteiger partial charge in [-0.15, -0.1) is 0 Å². The maximum atomic E-state index is 17.1. The summed E-state index contributed by atoms with van der Waals surface area (Å²) >= 11 is 0. The van der Waals surface area contributed by atoms with Gasteiger partial charge in [0.1, 0.15) is 45.8 Å². The maximum Gasteiger partial charge on any atom is 0.191 e. The average molecular weight is 1700 g/mol. The summed E-state index contributed by atoms with van der Waals surface area (Å²) in [4.78, 5) is 0. The Kier molecular flexibility index (Phi) is 17.5. The molecule has 0 bridgehead atoms. The minimum absolute atomic E-state index is 0.129. The van der Waals surface area contributed by atoms with Gasteiger partial charge < -0.3 is 31.7 Å². The summed E-state index contributed by atoms with van der Waals surface area (Å²) in [6.07, 6.45) is 1.04.